The van der Waals surface area contributed by atoms with Gasteiger partial charge in [-0.05, 0) is 17.4 Å². The van der Waals surface area contributed by atoms with Crippen LogP contribution >= 0.6 is 0 Å². The second-order valence-corrected chi connectivity index (χ2v) is 6.42. The lowest BCUT2D eigenvalue weighted by molar-refractivity contribution is -0.0389. The Bertz CT molecular complexity index is 176. The summed E-state index contributed by atoms with van der Waals surface area (Å²) in [6.07, 6.45) is 0.234. The van der Waals surface area contributed by atoms with Gasteiger partial charge in [0.25, 0.3) is 0 Å². The van der Waals surface area contributed by atoms with Crippen molar-refractivity contribution < 1.29 is 4.74 Å². The SMILES string of the molecule is CCNC(C(OC)C(C)(C)C)C(C)(C)C. The Hall–Kier alpha value is -0.0800. The summed E-state index contributed by atoms with van der Waals surface area (Å²) in [6, 6.07) is 0.382. The molecule has 0 aromatic heterocycles. The van der Waals surface area contributed by atoms with Gasteiger partial charge in [0, 0.05) is 13.2 Å². The summed E-state index contributed by atoms with van der Waals surface area (Å²) in [6.45, 7) is 16.6. The van der Waals surface area contributed by atoms with Crippen molar-refractivity contribution in [3.63, 3.8) is 0 Å². The molecule has 0 heterocycles. The summed E-state index contributed by atoms with van der Waals surface area (Å²) < 4.78 is 5.69. The molecule has 92 valence electrons. The average molecular weight is 215 g/mol. The molecule has 2 heteroatoms. The fourth-order valence-corrected chi connectivity index (χ4v) is 2.08. The Morgan fingerprint density at radius 1 is 1.00 bits per heavy atom. The molecule has 0 fully saturated rings. The topological polar surface area (TPSA) is 21.3 Å². The van der Waals surface area contributed by atoms with Crippen molar-refractivity contribution in [1.29, 1.82) is 0 Å². The third-order valence-corrected chi connectivity index (χ3v) is 2.77. The Morgan fingerprint density at radius 3 is 1.67 bits per heavy atom. The van der Waals surface area contributed by atoms with Crippen molar-refractivity contribution in [3.8, 4) is 0 Å². The highest BCUT2D eigenvalue weighted by Crippen LogP contribution is 2.32. The van der Waals surface area contributed by atoms with Crippen molar-refractivity contribution >= 4 is 0 Å². The molecule has 0 aliphatic heterocycles. The van der Waals surface area contributed by atoms with Crippen LogP contribution < -0.4 is 5.32 Å². The molecule has 2 atom stereocenters. The van der Waals surface area contributed by atoms with Gasteiger partial charge in [0.15, 0.2) is 0 Å². The first-order valence-corrected chi connectivity index (χ1v) is 5.90. The smallest absolute Gasteiger partial charge is 0.0777 e. The zero-order chi connectivity index (χ0) is 12.3. The molecule has 0 spiro atoms. The minimum atomic E-state index is 0.162. The van der Waals surface area contributed by atoms with Gasteiger partial charge in [0.1, 0.15) is 0 Å². The van der Waals surface area contributed by atoms with Gasteiger partial charge in [-0.25, -0.2) is 0 Å². The van der Waals surface area contributed by atoms with E-state index >= 15 is 0 Å². The van der Waals surface area contributed by atoms with Crippen molar-refractivity contribution in [2.75, 3.05) is 13.7 Å². The molecule has 0 aliphatic carbocycles. The first-order valence-electron chi connectivity index (χ1n) is 5.90. The molecule has 0 bridgehead atoms. The Morgan fingerprint density at radius 2 is 1.47 bits per heavy atom. The van der Waals surface area contributed by atoms with E-state index < -0.39 is 0 Å². The van der Waals surface area contributed by atoms with Crippen LogP contribution in [-0.2, 0) is 4.74 Å². The molecule has 0 rings (SSSR count). The zero-order valence-electron chi connectivity index (χ0n) is 11.8. The standard InChI is InChI=1S/C13H29NO/c1-9-14-10(12(2,3)4)11(15-8)13(5,6)7/h10-11,14H,9H2,1-8H3. The van der Waals surface area contributed by atoms with E-state index in [0.29, 0.717) is 6.04 Å². The molecule has 0 aromatic rings. The van der Waals surface area contributed by atoms with Gasteiger partial charge in [0.2, 0.25) is 0 Å². The van der Waals surface area contributed by atoms with Gasteiger partial charge in [-0.3, -0.25) is 0 Å². The quantitative estimate of drug-likeness (QED) is 0.778. The zero-order valence-corrected chi connectivity index (χ0v) is 11.8. The number of nitrogens with one attached hydrogen (secondary N) is 1. The van der Waals surface area contributed by atoms with Gasteiger partial charge >= 0.3 is 0 Å². The number of ether oxygens (including phenoxy) is 1. The average Bonchev–Trinajstić information content (AvgIpc) is 2.00. The maximum Gasteiger partial charge on any atom is 0.0777 e. The van der Waals surface area contributed by atoms with Crippen LogP contribution in [0.2, 0.25) is 0 Å². The van der Waals surface area contributed by atoms with Crippen molar-refractivity contribution in [1.82, 2.24) is 5.32 Å². The van der Waals surface area contributed by atoms with Gasteiger partial charge in [-0.15, -0.1) is 0 Å². The van der Waals surface area contributed by atoms with Crippen molar-refractivity contribution in [2.24, 2.45) is 10.8 Å². The highest BCUT2D eigenvalue weighted by molar-refractivity contribution is 4.93. The summed E-state index contributed by atoms with van der Waals surface area (Å²) in [4.78, 5) is 0. The van der Waals surface area contributed by atoms with E-state index in [-0.39, 0.29) is 16.9 Å². The van der Waals surface area contributed by atoms with Crippen molar-refractivity contribution in [2.45, 2.75) is 60.6 Å². The lowest BCUT2D eigenvalue weighted by Crippen LogP contribution is -2.54. The van der Waals surface area contributed by atoms with E-state index in [1.54, 1.807) is 0 Å². The van der Waals surface area contributed by atoms with E-state index in [1.165, 1.54) is 0 Å². The first-order chi connectivity index (χ1) is 6.64. The number of hydrogen-bond donors (Lipinski definition) is 1. The van der Waals surface area contributed by atoms with Crippen LogP contribution in [0.15, 0.2) is 0 Å². The van der Waals surface area contributed by atoms with E-state index in [1.807, 2.05) is 7.11 Å². The molecular weight excluding hydrogens is 186 g/mol. The second-order valence-electron chi connectivity index (χ2n) is 6.42. The first kappa shape index (κ1) is 14.9. The summed E-state index contributed by atoms with van der Waals surface area (Å²) >= 11 is 0. The number of rotatable bonds is 4. The van der Waals surface area contributed by atoms with Crippen molar-refractivity contribution in [3.05, 3.63) is 0 Å². The molecule has 0 amide bonds. The van der Waals surface area contributed by atoms with Gasteiger partial charge < -0.3 is 10.1 Å². The summed E-state index contributed by atoms with van der Waals surface area (Å²) in [5.74, 6) is 0. The normalized spacial score (nSPS) is 17.6. The Balaban J connectivity index is 4.87. The number of methoxy groups -OCH3 is 1. The van der Waals surface area contributed by atoms with Crippen LogP contribution in [0.3, 0.4) is 0 Å². The van der Waals surface area contributed by atoms with Gasteiger partial charge in [-0.2, -0.15) is 0 Å². The lowest BCUT2D eigenvalue weighted by atomic mass is 9.74. The van der Waals surface area contributed by atoms with E-state index in [0.717, 1.165) is 6.54 Å². The molecule has 1 N–H and O–H groups in total. The van der Waals surface area contributed by atoms with Gasteiger partial charge in [-0.1, -0.05) is 48.5 Å². The van der Waals surface area contributed by atoms with Gasteiger partial charge in [0.05, 0.1) is 6.10 Å². The molecule has 0 aromatic carbocycles. The van der Waals surface area contributed by atoms with Crippen LogP contribution in [0.5, 0.6) is 0 Å². The summed E-state index contributed by atoms with van der Waals surface area (Å²) in [5.41, 5.74) is 0.374. The van der Waals surface area contributed by atoms with E-state index in [4.69, 9.17) is 4.74 Å². The molecule has 0 saturated carbocycles. The second kappa shape index (κ2) is 5.31. The van der Waals surface area contributed by atoms with Crippen LogP contribution in [-0.4, -0.2) is 25.8 Å². The molecule has 0 aliphatic rings. The maximum absolute atomic E-state index is 5.69. The molecule has 0 radical (unpaired) electrons. The molecule has 15 heavy (non-hydrogen) atoms. The molecule has 0 saturated heterocycles. The fraction of sp³-hybridized carbons (Fsp3) is 1.00. The minimum Gasteiger partial charge on any atom is -0.379 e. The molecule has 2 nitrogen and oxygen atoms in total. The van der Waals surface area contributed by atoms with Crippen LogP contribution in [0.4, 0.5) is 0 Å². The highest BCUT2D eigenvalue weighted by atomic mass is 16.5. The monoisotopic (exact) mass is 215 g/mol. The highest BCUT2D eigenvalue weighted by Gasteiger charge is 2.38. The van der Waals surface area contributed by atoms with Crippen LogP contribution in [0.25, 0.3) is 0 Å². The summed E-state index contributed by atoms with van der Waals surface area (Å²) in [7, 11) is 1.81. The lowest BCUT2D eigenvalue weighted by Gasteiger charge is -2.43. The molecular formula is C13H29NO. The van der Waals surface area contributed by atoms with Crippen LogP contribution in [0, 0.1) is 10.8 Å². The van der Waals surface area contributed by atoms with E-state index in [2.05, 4.69) is 53.8 Å². The molecule has 2 unspecified atom stereocenters. The largest absolute Gasteiger partial charge is 0.379 e. The third kappa shape index (κ3) is 4.52. The number of likely N-dealkylation sites (N-methyl/N-ethyl adjacent to an activating group) is 1. The predicted molar refractivity (Wildman–Crippen MR) is 67.2 cm³/mol. The summed E-state index contributed by atoms with van der Waals surface area (Å²) in [5, 5.41) is 3.56. The minimum absolute atomic E-state index is 0.162. The van der Waals surface area contributed by atoms with Crippen LogP contribution in [0.1, 0.15) is 48.5 Å². The Labute approximate surface area is 95.8 Å². The third-order valence-electron chi connectivity index (χ3n) is 2.77. The Kier molecular flexibility index (Phi) is 5.28. The van der Waals surface area contributed by atoms with E-state index in [9.17, 15) is 0 Å². The predicted octanol–water partition coefficient (Wildman–Crippen LogP) is 3.07. The fourth-order valence-electron chi connectivity index (χ4n) is 2.08. The number of hydrogen-bond acceptors (Lipinski definition) is 2. The maximum atomic E-state index is 5.69.